The molecule has 0 aliphatic heterocycles. The highest BCUT2D eigenvalue weighted by Crippen LogP contribution is 2.11. The monoisotopic (exact) mass is 284 g/mol. The van der Waals surface area contributed by atoms with E-state index in [1.165, 1.54) is 0 Å². The first kappa shape index (κ1) is 13.2. The molecular formula is C12H17BrN2O. The number of aromatic nitrogens is 1. The van der Waals surface area contributed by atoms with Crippen LogP contribution in [0.3, 0.4) is 0 Å². The summed E-state index contributed by atoms with van der Waals surface area (Å²) in [5.41, 5.74) is 1.85. The number of pyridine rings is 1. The molecule has 1 N–H and O–H groups in total. The maximum absolute atomic E-state index is 11.7. The lowest BCUT2D eigenvalue weighted by atomic mass is 10.1. The van der Waals surface area contributed by atoms with Crippen LogP contribution in [0.25, 0.3) is 0 Å². The molecule has 4 heteroatoms. The van der Waals surface area contributed by atoms with Crippen molar-refractivity contribution in [1.29, 1.82) is 0 Å². The second-order valence-electron chi connectivity index (χ2n) is 4.13. The van der Waals surface area contributed by atoms with Crippen LogP contribution in [0.5, 0.6) is 0 Å². The summed E-state index contributed by atoms with van der Waals surface area (Å²) in [5, 5.41) is 2.86. The molecule has 88 valence electrons. The van der Waals surface area contributed by atoms with Gasteiger partial charge < -0.3 is 5.32 Å². The van der Waals surface area contributed by atoms with Crippen LogP contribution < -0.4 is 5.32 Å². The summed E-state index contributed by atoms with van der Waals surface area (Å²) < 4.78 is 0. The number of nitrogens with zero attached hydrogens (tertiary/aromatic N) is 1. The smallest absolute Gasteiger partial charge is 0.234 e. The van der Waals surface area contributed by atoms with Crippen molar-refractivity contribution in [1.82, 2.24) is 10.3 Å². The van der Waals surface area contributed by atoms with Crippen LogP contribution in [-0.2, 0) is 11.3 Å². The molecule has 0 fully saturated rings. The zero-order valence-electron chi connectivity index (χ0n) is 9.83. The van der Waals surface area contributed by atoms with Gasteiger partial charge in [-0.3, -0.25) is 9.78 Å². The minimum Gasteiger partial charge on any atom is -0.349 e. The Hall–Kier alpha value is -0.900. The Morgan fingerprint density at radius 3 is 2.75 bits per heavy atom. The van der Waals surface area contributed by atoms with Crippen molar-refractivity contribution in [3.63, 3.8) is 0 Å². The van der Waals surface area contributed by atoms with Gasteiger partial charge in [-0.25, -0.2) is 0 Å². The Morgan fingerprint density at radius 1 is 1.50 bits per heavy atom. The standard InChI is InChI=1S/C12H17BrN2O/c1-8(2)11(13)12(16)14-7-10-6-4-5-9(3)15-10/h4-6,8,11H,7H2,1-3H3,(H,14,16). The fraction of sp³-hybridized carbons (Fsp3) is 0.500. The zero-order valence-corrected chi connectivity index (χ0v) is 11.4. The Kier molecular flexibility index (Phi) is 4.93. The van der Waals surface area contributed by atoms with Crippen molar-refractivity contribution in [3.8, 4) is 0 Å². The van der Waals surface area contributed by atoms with Crippen LogP contribution in [0.4, 0.5) is 0 Å². The number of hydrogen-bond donors (Lipinski definition) is 1. The van der Waals surface area contributed by atoms with Gasteiger partial charge >= 0.3 is 0 Å². The Labute approximate surface area is 105 Å². The number of hydrogen-bond acceptors (Lipinski definition) is 2. The van der Waals surface area contributed by atoms with E-state index in [9.17, 15) is 4.79 Å². The summed E-state index contributed by atoms with van der Waals surface area (Å²) in [4.78, 5) is 15.8. The fourth-order valence-corrected chi connectivity index (χ4v) is 1.44. The van der Waals surface area contributed by atoms with Gasteiger partial charge in [0.1, 0.15) is 0 Å². The van der Waals surface area contributed by atoms with Gasteiger partial charge in [0.15, 0.2) is 0 Å². The first-order valence-corrected chi connectivity index (χ1v) is 6.26. The number of halogens is 1. The molecule has 1 unspecified atom stereocenters. The maximum atomic E-state index is 11.7. The minimum atomic E-state index is -0.141. The molecule has 1 amide bonds. The van der Waals surface area contributed by atoms with Crippen LogP contribution in [0.2, 0.25) is 0 Å². The average Bonchev–Trinajstić information content (AvgIpc) is 2.24. The van der Waals surface area contributed by atoms with Crippen LogP contribution in [-0.4, -0.2) is 15.7 Å². The van der Waals surface area contributed by atoms with Gasteiger partial charge in [-0.15, -0.1) is 0 Å². The van der Waals surface area contributed by atoms with Gasteiger partial charge in [-0.05, 0) is 25.0 Å². The molecule has 0 bridgehead atoms. The minimum absolute atomic E-state index is 0.0123. The van der Waals surface area contributed by atoms with Gasteiger partial charge in [0, 0.05) is 5.69 Å². The van der Waals surface area contributed by atoms with E-state index in [0.717, 1.165) is 11.4 Å². The van der Waals surface area contributed by atoms with Crippen molar-refractivity contribution in [2.24, 2.45) is 5.92 Å². The zero-order chi connectivity index (χ0) is 12.1. The summed E-state index contributed by atoms with van der Waals surface area (Å²) >= 11 is 3.36. The molecule has 0 aromatic carbocycles. The lowest BCUT2D eigenvalue weighted by Crippen LogP contribution is -2.33. The number of nitrogens with one attached hydrogen (secondary N) is 1. The summed E-state index contributed by atoms with van der Waals surface area (Å²) in [5.74, 6) is 0.295. The van der Waals surface area contributed by atoms with Gasteiger partial charge in [-0.1, -0.05) is 35.8 Å². The number of amides is 1. The topological polar surface area (TPSA) is 42.0 Å². The molecule has 0 radical (unpaired) electrons. The molecule has 0 saturated heterocycles. The first-order chi connectivity index (χ1) is 7.50. The van der Waals surface area contributed by atoms with Crippen LogP contribution in [0.1, 0.15) is 25.2 Å². The predicted octanol–water partition coefficient (Wildman–Crippen LogP) is 2.43. The van der Waals surface area contributed by atoms with E-state index in [1.807, 2.05) is 39.0 Å². The SMILES string of the molecule is Cc1cccc(CNC(=O)C(Br)C(C)C)n1. The van der Waals surface area contributed by atoms with Gasteiger partial charge in [0.2, 0.25) is 5.91 Å². The Morgan fingerprint density at radius 2 is 2.19 bits per heavy atom. The van der Waals surface area contributed by atoms with Crippen molar-refractivity contribution >= 4 is 21.8 Å². The number of alkyl halides is 1. The van der Waals surface area contributed by atoms with Crippen molar-refractivity contribution in [2.45, 2.75) is 32.1 Å². The highest BCUT2D eigenvalue weighted by Gasteiger charge is 2.17. The molecule has 0 saturated carbocycles. The second-order valence-corrected chi connectivity index (χ2v) is 5.12. The summed E-state index contributed by atoms with van der Waals surface area (Å²) in [6, 6.07) is 5.79. The maximum Gasteiger partial charge on any atom is 0.234 e. The summed E-state index contributed by atoms with van der Waals surface area (Å²) in [6.07, 6.45) is 0. The molecule has 16 heavy (non-hydrogen) atoms. The second kappa shape index (κ2) is 5.99. The summed E-state index contributed by atoms with van der Waals surface area (Å²) in [6.45, 7) is 6.43. The van der Waals surface area contributed by atoms with Gasteiger partial charge in [0.25, 0.3) is 0 Å². The molecule has 1 aromatic heterocycles. The number of rotatable bonds is 4. The largest absolute Gasteiger partial charge is 0.349 e. The number of aryl methyl sites for hydroxylation is 1. The van der Waals surface area contributed by atoms with Crippen molar-refractivity contribution in [3.05, 3.63) is 29.6 Å². The normalized spacial score (nSPS) is 12.6. The molecule has 1 rings (SSSR count). The van der Waals surface area contributed by atoms with E-state index in [2.05, 4.69) is 26.2 Å². The molecule has 1 aromatic rings. The quantitative estimate of drug-likeness (QED) is 0.863. The average molecular weight is 285 g/mol. The molecular weight excluding hydrogens is 268 g/mol. The third-order valence-electron chi connectivity index (χ3n) is 2.23. The van der Waals surface area contributed by atoms with E-state index in [0.29, 0.717) is 6.54 Å². The molecule has 0 aliphatic rings. The van der Waals surface area contributed by atoms with Gasteiger partial charge in [-0.2, -0.15) is 0 Å². The van der Waals surface area contributed by atoms with E-state index in [1.54, 1.807) is 0 Å². The van der Waals surface area contributed by atoms with E-state index in [-0.39, 0.29) is 16.7 Å². The van der Waals surface area contributed by atoms with Crippen molar-refractivity contribution < 1.29 is 4.79 Å². The lowest BCUT2D eigenvalue weighted by Gasteiger charge is -2.13. The third-order valence-corrected chi connectivity index (χ3v) is 3.70. The number of carbonyl (C=O) groups is 1. The van der Waals surface area contributed by atoms with Crippen molar-refractivity contribution in [2.75, 3.05) is 0 Å². The van der Waals surface area contributed by atoms with Crippen LogP contribution in [0, 0.1) is 12.8 Å². The highest BCUT2D eigenvalue weighted by molar-refractivity contribution is 9.10. The molecule has 0 spiro atoms. The van der Waals surface area contributed by atoms with E-state index >= 15 is 0 Å². The van der Waals surface area contributed by atoms with E-state index < -0.39 is 0 Å². The highest BCUT2D eigenvalue weighted by atomic mass is 79.9. The van der Waals surface area contributed by atoms with Gasteiger partial charge in [0.05, 0.1) is 17.1 Å². The Balaban J connectivity index is 2.49. The fourth-order valence-electron chi connectivity index (χ4n) is 1.28. The molecule has 0 aliphatic carbocycles. The lowest BCUT2D eigenvalue weighted by molar-refractivity contribution is -0.121. The summed E-state index contributed by atoms with van der Waals surface area (Å²) in [7, 11) is 0. The Bertz CT molecular complexity index is 366. The molecule has 1 heterocycles. The first-order valence-electron chi connectivity index (χ1n) is 5.35. The van der Waals surface area contributed by atoms with E-state index in [4.69, 9.17) is 0 Å². The molecule has 1 atom stereocenters. The predicted molar refractivity (Wildman–Crippen MR) is 68.4 cm³/mol. The number of carbonyl (C=O) groups excluding carboxylic acids is 1. The van der Waals surface area contributed by atoms with Crippen LogP contribution >= 0.6 is 15.9 Å². The molecule has 3 nitrogen and oxygen atoms in total. The third kappa shape index (κ3) is 3.93. The van der Waals surface area contributed by atoms with Crippen LogP contribution in [0.15, 0.2) is 18.2 Å².